The molecule has 4 aromatic rings. The third-order valence-electron chi connectivity index (χ3n) is 5.02. The lowest BCUT2D eigenvalue weighted by atomic mass is 10.1. The summed E-state index contributed by atoms with van der Waals surface area (Å²) in [5.41, 5.74) is 6.38. The van der Waals surface area contributed by atoms with Crippen molar-refractivity contribution in [2.45, 2.75) is 25.1 Å². The molecule has 2 N–H and O–H groups in total. The first-order valence-electron chi connectivity index (χ1n) is 10.2. The number of carbonyl (C=O) groups excluding carboxylic acids is 2. The number of fused-ring (bicyclic) bond motifs is 1. The lowest BCUT2D eigenvalue weighted by molar-refractivity contribution is -0.113. The molecule has 0 aliphatic rings. The minimum Gasteiger partial charge on any atom is -0.325 e. The largest absolute Gasteiger partial charge is 0.325 e. The zero-order chi connectivity index (χ0) is 22.7. The van der Waals surface area contributed by atoms with Crippen molar-refractivity contribution in [3.05, 3.63) is 82.9 Å². The van der Waals surface area contributed by atoms with Crippen LogP contribution in [0.3, 0.4) is 0 Å². The molecule has 0 fully saturated rings. The Labute approximate surface area is 195 Å². The van der Waals surface area contributed by atoms with Gasteiger partial charge in [-0.25, -0.2) is 4.98 Å². The van der Waals surface area contributed by atoms with Crippen molar-refractivity contribution < 1.29 is 9.59 Å². The monoisotopic (exact) mass is 461 g/mol. The Balaban J connectivity index is 1.38. The summed E-state index contributed by atoms with van der Waals surface area (Å²) < 4.78 is 1.78. The Bertz CT molecular complexity index is 1310. The second-order valence-electron chi connectivity index (χ2n) is 7.62. The molecular formula is C25H23N3O2S2. The molecule has 0 bridgehead atoms. The van der Waals surface area contributed by atoms with Gasteiger partial charge in [-0.15, -0.1) is 11.3 Å². The highest BCUT2D eigenvalue weighted by Crippen LogP contribution is 2.31. The quantitative estimate of drug-likeness (QED) is 0.335. The summed E-state index contributed by atoms with van der Waals surface area (Å²) in [6.45, 7) is 6.03. The number of aryl methyl sites for hydroxylation is 3. The Morgan fingerprint density at radius 3 is 2.47 bits per heavy atom. The normalized spacial score (nSPS) is 10.8. The van der Waals surface area contributed by atoms with Crippen LogP contribution in [0, 0.1) is 20.8 Å². The van der Waals surface area contributed by atoms with E-state index < -0.39 is 0 Å². The van der Waals surface area contributed by atoms with Gasteiger partial charge in [0.2, 0.25) is 5.91 Å². The van der Waals surface area contributed by atoms with Gasteiger partial charge in [-0.05, 0) is 74.4 Å². The Kier molecular flexibility index (Phi) is 6.58. The molecule has 0 atom stereocenters. The molecule has 0 saturated carbocycles. The predicted molar refractivity (Wildman–Crippen MR) is 134 cm³/mol. The SMILES string of the molecule is Cc1cccc(C(=O)Nc2ccc3nc(SCC(=O)Nc4ccc(C)c(C)c4)sc3c2)c1. The first kappa shape index (κ1) is 22.0. The number of thioether (sulfide) groups is 1. The molecule has 4 rings (SSSR count). The Morgan fingerprint density at radius 2 is 1.69 bits per heavy atom. The van der Waals surface area contributed by atoms with Crippen molar-refractivity contribution in [1.82, 2.24) is 4.98 Å². The number of thiazole rings is 1. The maximum absolute atomic E-state index is 12.5. The van der Waals surface area contributed by atoms with Gasteiger partial charge in [0.05, 0.1) is 16.0 Å². The Hall–Kier alpha value is -3.16. The number of rotatable bonds is 6. The lowest BCUT2D eigenvalue weighted by Gasteiger charge is -2.06. The Morgan fingerprint density at radius 1 is 0.906 bits per heavy atom. The molecule has 7 heteroatoms. The summed E-state index contributed by atoms with van der Waals surface area (Å²) in [6, 6.07) is 19.0. The van der Waals surface area contributed by atoms with Crippen LogP contribution < -0.4 is 10.6 Å². The number of anilines is 2. The zero-order valence-corrected chi connectivity index (χ0v) is 19.7. The molecule has 0 saturated heterocycles. The van der Waals surface area contributed by atoms with Gasteiger partial charge in [0.15, 0.2) is 4.34 Å². The van der Waals surface area contributed by atoms with Crippen molar-refractivity contribution in [2.75, 3.05) is 16.4 Å². The van der Waals surface area contributed by atoms with E-state index in [1.165, 1.54) is 28.7 Å². The summed E-state index contributed by atoms with van der Waals surface area (Å²) in [4.78, 5) is 29.4. The number of hydrogen-bond donors (Lipinski definition) is 2. The first-order chi connectivity index (χ1) is 15.4. The molecule has 1 heterocycles. The fourth-order valence-corrected chi connectivity index (χ4v) is 5.08. The van der Waals surface area contributed by atoms with E-state index in [-0.39, 0.29) is 17.6 Å². The third kappa shape index (κ3) is 5.36. The van der Waals surface area contributed by atoms with Crippen LogP contribution in [0.1, 0.15) is 27.0 Å². The topological polar surface area (TPSA) is 71.1 Å². The number of hydrogen-bond acceptors (Lipinski definition) is 5. The summed E-state index contributed by atoms with van der Waals surface area (Å²) in [7, 11) is 0. The fraction of sp³-hybridized carbons (Fsp3) is 0.160. The van der Waals surface area contributed by atoms with Gasteiger partial charge in [0.25, 0.3) is 5.91 Å². The van der Waals surface area contributed by atoms with E-state index in [1.807, 2.05) is 75.4 Å². The van der Waals surface area contributed by atoms with Gasteiger partial charge in [0, 0.05) is 16.9 Å². The molecule has 0 spiro atoms. The predicted octanol–water partition coefficient (Wildman–Crippen LogP) is 6.20. The average Bonchev–Trinajstić information content (AvgIpc) is 3.17. The van der Waals surface area contributed by atoms with Crippen LogP contribution in [0.2, 0.25) is 0 Å². The van der Waals surface area contributed by atoms with Gasteiger partial charge in [-0.3, -0.25) is 9.59 Å². The smallest absolute Gasteiger partial charge is 0.255 e. The standard InChI is InChI=1S/C25H23N3O2S2/c1-15-5-4-6-18(11-15)24(30)27-20-9-10-21-22(13-20)32-25(28-21)31-14-23(29)26-19-8-7-16(2)17(3)12-19/h4-13H,14H2,1-3H3,(H,26,29)(H,27,30). The molecule has 0 radical (unpaired) electrons. The molecule has 2 amide bonds. The van der Waals surface area contributed by atoms with E-state index in [1.54, 1.807) is 6.07 Å². The molecule has 1 aromatic heterocycles. The summed E-state index contributed by atoms with van der Waals surface area (Å²) >= 11 is 2.92. The van der Waals surface area contributed by atoms with Crippen molar-refractivity contribution >= 4 is 56.5 Å². The second kappa shape index (κ2) is 9.54. The number of aromatic nitrogens is 1. The summed E-state index contributed by atoms with van der Waals surface area (Å²) in [5.74, 6) is 0.0720. The van der Waals surface area contributed by atoms with Gasteiger partial charge >= 0.3 is 0 Å². The van der Waals surface area contributed by atoms with Crippen LogP contribution in [-0.2, 0) is 4.79 Å². The van der Waals surface area contributed by atoms with Gasteiger partial charge in [-0.1, -0.05) is 35.5 Å². The van der Waals surface area contributed by atoms with Crippen LogP contribution >= 0.6 is 23.1 Å². The van der Waals surface area contributed by atoms with E-state index in [0.29, 0.717) is 5.56 Å². The van der Waals surface area contributed by atoms with Crippen molar-refractivity contribution in [3.8, 4) is 0 Å². The van der Waals surface area contributed by atoms with Crippen LogP contribution in [0.4, 0.5) is 11.4 Å². The average molecular weight is 462 g/mol. The fourth-order valence-electron chi connectivity index (χ4n) is 3.18. The van der Waals surface area contributed by atoms with Crippen molar-refractivity contribution in [1.29, 1.82) is 0 Å². The highest BCUT2D eigenvalue weighted by Gasteiger charge is 2.11. The molecule has 32 heavy (non-hydrogen) atoms. The number of benzene rings is 3. The van der Waals surface area contributed by atoms with E-state index in [9.17, 15) is 9.59 Å². The van der Waals surface area contributed by atoms with E-state index in [4.69, 9.17) is 0 Å². The number of nitrogens with one attached hydrogen (secondary N) is 2. The molecule has 3 aromatic carbocycles. The number of carbonyl (C=O) groups is 2. The highest BCUT2D eigenvalue weighted by molar-refractivity contribution is 8.01. The third-order valence-corrected chi connectivity index (χ3v) is 7.19. The van der Waals surface area contributed by atoms with E-state index in [0.717, 1.165) is 37.1 Å². The molecule has 0 aliphatic heterocycles. The molecular weight excluding hydrogens is 438 g/mol. The van der Waals surface area contributed by atoms with Gasteiger partial charge in [0.1, 0.15) is 0 Å². The number of amides is 2. The van der Waals surface area contributed by atoms with Crippen LogP contribution in [0.5, 0.6) is 0 Å². The van der Waals surface area contributed by atoms with Crippen LogP contribution in [-0.4, -0.2) is 22.6 Å². The van der Waals surface area contributed by atoms with E-state index in [2.05, 4.69) is 15.6 Å². The second-order valence-corrected chi connectivity index (χ2v) is 9.87. The van der Waals surface area contributed by atoms with Crippen molar-refractivity contribution in [2.24, 2.45) is 0 Å². The maximum atomic E-state index is 12.5. The van der Waals surface area contributed by atoms with Crippen LogP contribution in [0.15, 0.2) is 65.0 Å². The molecule has 0 aliphatic carbocycles. The van der Waals surface area contributed by atoms with E-state index >= 15 is 0 Å². The first-order valence-corrected chi connectivity index (χ1v) is 12.0. The lowest BCUT2D eigenvalue weighted by Crippen LogP contribution is -2.14. The zero-order valence-electron chi connectivity index (χ0n) is 18.1. The minimum absolute atomic E-state index is 0.0661. The molecule has 5 nitrogen and oxygen atoms in total. The molecule has 0 unspecified atom stereocenters. The minimum atomic E-state index is -0.143. The maximum Gasteiger partial charge on any atom is 0.255 e. The van der Waals surface area contributed by atoms with Crippen molar-refractivity contribution in [3.63, 3.8) is 0 Å². The van der Waals surface area contributed by atoms with Gasteiger partial charge < -0.3 is 10.6 Å². The van der Waals surface area contributed by atoms with Crippen LogP contribution in [0.25, 0.3) is 10.2 Å². The summed E-state index contributed by atoms with van der Waals surface area (Å²) in [6.07, 6.45) is 0. The summed E-state index contributed by atoms with van der Waals surface area (Å²) in [5, 5.41) is 5.88. The van der Waals surface area contributed by atoms with Gasteiger partial charge in [-0.2, -0.15) is 0 Å². The highest BCUT2D eigenvalue weighted by atomic mass is 32.2. The number of nitrogens with zero attached hydrogens (tertiary/aromatic N) is 1. The molecule has 162 valence electrons.